The van der Waals surface area contributed by atoms with E-state index >= 15 is 0 Å². The molecule has 0 amide bonds. The monoisotopic (exact) mass is 837 g/mol. The molecule has 1 heteroatoms. The van der Waals surface area contributed by atoms with Crippen molar-refractivity contribution in [2.45, 2.75) is 70.6 Å². The Balaban J connectivity index is 1.21. The standard InChI is InChI=1S/C64H55N/c1-41-47-36-34-46(40-56(41)63(5,6)53-29-17-13-26-49(47)53)65(59-32-20-16-25-48(59)43-23-11-8-12-24-43)60-39-45(62(2,3)4)38-58-61(60)52-28-15-19-31-55(52)64(58)54-30-18-14-27-50(54)51-35-33-44(37-57(51)64)42-21-9-7-10-22-42/h7-17,19-29,31-41H,18,30H2,1-6H3/t41-,64?/m1/s1. The van der Waals surface area contributed by atoms with Gasteiger partial charge in [0, 0.05) is 28.2 Å². The van der Waals surface area contributed by atoms with Gasteiger partial charge in [-0.3, -0.25) is 0 Å². The van der Waals surface area contributed by atoms with Crippen LogP contribution in [0.15, 0.2) is 211 Å². The molecule has 7 aromatic rings. The second-order valence-electron chi connectivity index (χ2n) is 20.3. The topological polar surface area (TPSA) is 3.24 Å². The van der Waals surface area contributed by atoms with Crippen LogP contribution in [0.5, 0.6) is 0 Å². The lowest BCUT2D eigenvalue weighted by atomic mass is 9.63. The summed E-state index contributed by atoms with van der Waals surface area (Å²) in [5.41, 5.74) is 25.8. The second-order valence-corrected chi connectivity index (χ2v) is 20.3. The number of para-hydroxylation sites is 1. The molecule has 0 aromatic heterocycles. The maximum atomic E-state index is 2.65. The minimum Gasteiger partial charge on any atom is -0.309 e. The SMILES string of the molecule is C[C@@H]1C2=CC=C(N(c3ccccc3-c3ccccc3)c3cc(C(C)(C)C)cc4c3-c3ccccc3C43C4=C(C=CCC4)c4ccc(-c5ccccc5)cc43)C=C1C(C)(C)c1ccccc12. The van der Waals surface area contributed by atoms with Gasteiger partial charge in [-0.2, -0.15) is 0 Å². The maximum Gasteiger partial charge on any atom is 0.0689 e. The van der Waals surface area contributed by atoms with Gasteiger partial charge in [-0.05, 0) is 127 Å². The zero-order valence-corrected chi connectivity index (χ0v) is 38.4. The first kappa shape index (κ1) is 39.6. The summed E-state index contributed by atoms with van der Waals surface area (Å²) in [6, 6.07) is 62.0. The van der Waals surface area contributed by atoms with E-state index in [0.29, 0.717) is 0 Å². The quantitative estimate of drug-likeness (QED) is 0.167. The van der Waals surface area contributed by atoms with Gasteiger partial charge in [-0.1, -0.05) is 211 Å². The normalized spacial score (nSPS) is 19.6. The second kappa shape index (κ2) is 14.5. The molecule has 12 rings (SSSR count). The Labute approximate surface area is 385 Å². The zero-order chi connectivity index (χ0) is 44.2. The first-order chi connectivity index (χ1) is 31.6. The lowest BCUT2D eigenvalue weighted by molar-refractivity contribution is 0.549. The lowest BCUT2D eigenvalue weighted by Gasteiger charge is -2.41. The highest BCUT2D eigenvalue weighted by atomic mass is 15.2. The molecule has 0 saturated heterocycles. The first-order valence-corrected chi connectivity index (χ1v) is 23.6. The van der Waals surface area contributed by atoms with Gasteiger partial charge < -0.3 is 4.90 Å². The van der Waals surface area contributed by atoms with Gasteiger partial charge >= 0.3 is 0 Å². The molecule has 0 saturated carbocycles. The number of benzene rings is 7. The average Bonchev–Trinajstić information content (AvgIpc) is 3.74. The Morgan fingerprint density at radius 1 is 0.554 bits per heavy atom. The minimum absolute atomic E-state index is 0.145. The van der Waals surface area contributed by atoms with Crippen LogP contribution in [0.2, 0.25) is 0 Å². The molecule has 65 heavy (non-hydrogen) atoms. The Morgan fingerprint density at radius 2 is 1.22 bits per heavy atom. The fraction of sp³-hybridized carbons (Fsp3) is 0.188. The van der Waals surface area contributed by atoms with E-state index in [0.717, 1.165) is 12.8 Å². The predicted octanol–water partition coefficient (Wildman–Crippen LogP) is 16.7. The van der Waals surface area contributed by atoms with Gasteiger partial charge in [0.05, 0.1) is 16.8 Å². The highest BCUT2D eigenvalue weighted by Crippen LogP contribution is 2.66. The van der Waals surface area contributed by atoms with Gasteiger partial charge in [0.25, 0.3) is 0 Å². The molecular weight excluding hydrogens is 783 g/mol. The first-order valence-electron chi connectivity index (χ1n) is 23.6. The van der Waals surface area contributed by atoms with Crippen LogP contribution < -0.4 is 4.90 Å². The van der Waals surface area contributed by atoms with Crippen molar-refractivity contribution in [1.82, 2.24) is 0 Å². The Hall–Kier alpha value is -6.96. The summed E-state index contributed by atoms with van der Waals surface area (Å²) in [6.07, 6.45) is 14.3. The van der Waals surface area contributed by atoms with E-state index in [4.69, 9.17) is 0 Å². The average molecular weight is 838 g/mol. The van der Waals surface area contributed by atoms with Crippen molar-refractivity contribution in [3.63, 3.8) is 0 Å². The highest BCUT2D eigenvalue weighted by Gasteiger charge is 2.54. The van der Waals surface area contributed by atoms with E-state index in [1.165, 1.54) is 112 Å². The summed E-state index contributed by atoms with van der Waals surface area (Å²) >= 11 is 0. The van der Waals surface area contributed by atoms with Gasteiger partial charge in [-0.15, -0.1) is 0 Å². The summed E-state index contributed by atoms with van der Waals surface area (Å²) in [7, 11) is 0. The molecule has 0 heterocycles. The van der Waals surface area contributed by atoms with Gasteiger partial charge in [-0.25, -0.2) is 0 Å². The van der Waals surface area contributed by atoms with Crippen molar-refractivity contribution in [3.8, 4) is 33.4 Å². The molecule has 0 N–H and O–H groups in total. The number of rotatable bonds is 5. The Kier molecular flexibility index (Phi) is 8.85. The zero-order valence-electron chi connectivity index (χ0n) is 38.4. The van der Waals surface area contributed by atoms with Crippen LogP contribution >= 0.6 is 0 Å². The van der Waals surface area contributed by atoms with Gasteiger partial charge in [0.2, 0.25) is 0 Å². The van der Waals surface area contributed by atoms with E-state index in [2.05, 4.69) is 241 Å². The van der Waals surface area contributed by atoms with Crippen LogP contribution in [0.3, 0.4) is 0 Å². The summed E-state index contributed by atoms with van der Waals surface area (Å²) in [6.45, 7) is 14.4. The molecule has 1 nitrogen and oxygen atoms in total. The predicted molar refractivity (Wildman–Crippen MR) is 274 cm³/mol. The van der Waals surface area contributed by atoms with E-state index in [-0.39, 0.29) is 16.7 Å². The molecule has 0 radical (unpaired) electrons. The van der Waals surface area contributed by atoms with Crippen molar-refractivity contribution in [2.24, 2.45) is 5.92 Å². The Bertz CT molecular complexity index is 3270. The van der Waals surface area contributed by atoms with Gasteiger partial charge in [0.1, 0.15) is 0 Å². The molecule has 1 unspecified atom stereocenters. The van der Waals surface area contributed by atoms with Crippen LogP contribution in [-0.2, 0) is 16.2 Å². The van der Waals surface area contributed by atoms with Gasteiger partial charge in [0.15, 0.2) is 0 Å². The third-order valence-electron chi connectivity index (χ3n) is 15.5. The molecule has 5 aliphatic rings. The Morgan fingerprint density at radius 3 is 1.97 bits per heavy atom. The molecule has 316 valence electrons. The van der Waals surface area contributed by atoms with E-state index in [9.17, 15) is 0 Å². The fourth-order valence-corrected chi connectivity index (χ4v) is 12.3. The summed E-state index contributed by atoms with van der Waals surface area (Å²) in [5, 5.41) is 0. The number of hydrogen-bond donors (Lipinski definition) is 0. The van der Waals surface area contributed by atoms with Crippen molar-refractivity contribution >= 4 is 22.5 Å². The van der Waals surface area contributed by atoms with E-state index in [1.54, 1.807) is 0 Å². The molecule has 5 aliphatic carbocycles. The molecule has 1 spiro atoms. The number of nitrogens with zero attached hydrogens (tertiary/aromatic N) is 1. The number of fused-ring (bicyclic) bond motifs is 13. The molecular formula is C64H55N. The van der Waals surface area contributed by atoms with Crippen molar-refractivity contribution in [2.75, 3.05) is 4.90 Å². The fourth-order valence-electron chi connectivity index (χ4n) is 12.3. The van der Waals surface area contributed by atoms with Crippen LogP contribution in [0.1, 0.15) is 93.3 Å². The number of hydrogen-bond acceptors (Lipinski definition) is 1. The molecule has 2 bridgehead atoms. The third-order valence-corrected chi connectivity index (χ3v) is 15.5. The lowest BCUT2D eigenvalue weighted by Crippen LogP contribution is -2.31. The van der Waals surface area contributed by atoms with Crippen LogP contribution in [-0.4, -0.2) is 0 Å². The minimum atomic E-state index is -0.459. The molecule has 0 fully saturated rings. The van der Waals surface area contributed by atoms with E-state index < -0.39 is 5.41 Å². The van der Waals surface area contributed by atoms with E-state index in [1.807, 2.05) is 0 Å². The largest absolute Gasteiger partial charge is 0.309 e. The molecule has 2 atom stereocenters. The third kappa shape index (κ3) is 5.77. The van der Waals surface area contributed by atoms with Crippen molar-refractivity contribution < 1.29 is 0 Å². The molecule has 7 aromatic carbocycles. The summed E-state index contributed by atoms with van der Waals surface area (Å²) < 4.78 is 0. The highest BCUT2D eigenvalue weighted by molar-refractivity contribution is 6.03. The van der Waals surface area contributed by atoms with Crippen LogP contribution in [0, 0.1) is 5.92 Å². The smallest absolute Gasteiger partial charge is 0.0689 e. The number of anilines is 2. The van der Waals surface area contributed by atoms with Crippen LogP contribution in [0.25, 0.3) is 44.5 Å². The summed E-state index contributed by atoms with van der Waals surface area (Å²) in [4.78, 5) is 2.65. The van der Waals surface area contributed by atoms with Crippen LogP contribution in [0.4, 0.5) is 11.4 Å². The van der Waals surface area contributed by atoms with Crippen molar-refractivity contribution in [3.05, 3.63) is 250 Å². The summed E-state index contributed by atoms with van der Waals surface area (Å²) in [5.74, 6) is 0.258. The maximum absolute atomic E-state index is 2.65. The molecule has 0 aliphatic heterocycles. The number of allylic oxidation sites excluding steroid dienone is 9. The van der Waals surface area contributed by atoms with Crippen molar-refractivity contribution in [1.29, 1.82) is 0 Å².